The van der Waals surface area contributed by atoms with Gasteiger partial charge in [-0.3, -0.25) is 0 Å². The zero-order valence-electron chi connectivity index (χ0n) is 13.2. The molecule has 1 aromatic carbocycles. The van der Waals surface area contributed by atoms with Gasteiger partial charge in [0.2, 0.25) is 0 Å². The van der Waals surface area contributed by atoms with Gasteiger partial charge in [0.25, 0.3) is 0 Å². The van der Waals surface area contributed by atoms with Crippen molar-refractivity contribution in [2.75, 3.05) is 23.9 Å². The number of benzene rings is 1. The minimum absolute atomic E-state index is 0.231. The quantitative estimate of drug-likeness (QED) is 0.868. The molecule has 0 heterocycles. The van der Waals surface area contributed by atoms with Crippen molar-refractivity contribution in [3.05, 3.63) is 18.2 Å². The van der Waals surface area contributed by atoms with E-state index >= 15 is 0 Å². The van der Waals surface area contributed by atoms with E-state index in [9.17, 15) is 8.42 Å². The lowest BCUT2D eigenvalue weighted by Gasteiger charge is -2.36. The van der Waals surface area contributed by atoms with E-state index in [1.54, 1.807) is 12.1 Å². The number of hydrogen-bond acceptors (Lipinski definition) is 4. The first-order valence-corrected chi connectivity index (χ1v) is 9.55. The van der Waals surface area contributed by atoms with Crippen LogP contribution in [0.25, 0.3) is 0 Å². The third-order valence-electron chi connectivity index (χ3n) is 4.76. The Bertz CT molecular complexity index is 590. The van der Waals surface area contributed by atoms with Crippen LogP contribution < -0.4 is 10.6 Å². The third kappa shape index (κ3) is 3.51. The molecule has 1 saturated carbocycles. The SMILES string of the molecule is CCC1CCC(N(C)c2cccc(S(C)(=O)=O)c2N)CC1. The molecule has 1 aliphatic carbocycles. The van der Waals surface area contributed by atoms with Crippen LogP contribution in [-0.4, -0.2) is 27.8 Å². The van der Waals surface area contributed by atoms with Gasteiger partial charge in [-0.15, -0.1) is 0 Å². The van der Waals surface area contributed by atoms with Crippen molar-refractivity contribution in [1.29, 1.82) is 0 Å². The maximum absolute atomic E-state index is 11.8. The lowest BCUT2D eigenvalue weighted by molar-refractivity contribution is 0.313. The average Bonchev–Trinajstić information content (AvgIpc) is 2.45. The van der Waals surface area contributed by atoms with Gasteiger partial charge < -0.3 is 10.6 Å². The summed E-state index contributed by atoms with van der Waals surface area (Å²) in [6.45, 7) is 2.25. The van der Waals surface area contributed by atoms with Gasteiger partial charge in [-0.2, -0.15) is 0 Å². The van der Waals surface area contributed by atoms with E-state index < -0.39 is 9.84 Å². The monoisotopic (exact) mass is 310 g/mol. The fourth-order valence-corrected chi connectivity index (χ4v) is 4.13. The molecule has 2 N–H and O–H groups in total. The van der Waals surface area contributed by atoms with Crippen molar-refractivity contribution in [3.63, 3.8) is 0 Å². The van der Waals surface area contributed by atoms with Crippen LogP contribution in [0.15, 0.2) is 23.1 Å². The smallest absolute Gasteiger partial charge is 0.177 e. The van der Waals surface area contributed by atoms with E-state index in [0.717, 1.165) is 24.4 Å². The van der Waals surface area contributed by atoms with Gasteiger partial charge in [0, 0.05) is 19.3 Å². The van der Waals surface area contributed by atoms with Crippen LogP contribution in [0.5, 0.6) is 0 Å². The van der Waals surface area contributed by atoms with E-state index in [-0.39, 0.29) is 4.90 Å². The van der Waals surface area contributed by atoms with Crippen LogP contribution in [0.4, 0.5) is 11.4 Å². The summed E-state index contributed by atoms with van der Waals surface area (Å²) in [6.07, 6.45) is 7.25. The highest BCUT2D eigenvalue weighted by Crippen LogP contribution is 2.35. The summed E-state index contributed by atoms with van der Waals surface area (Å²) >= 11 is 0. The molecule has 0 atom stereocenters. The highest BCUT2D eigenvalue weighted by atomic mass is 32.2. The van der Waals surface area contributed by atoms with Crippen LogP contribution in [0.1, 0.15) is 39.0 Å². The van der Waals surface area contributed by atoms with Crippen LogP contribution in [0.3, 0.4) is 0 Å². The highest BCUT2D eigenvalue weighted by Gasteiger charge is 2.25. The molecule has 5 heteroatoms. The Balaban J connectivity index is 2.22. The van der Waals surface area contributed by atoms with Gasteiger partial charge in [-0.25, -0.2) is 8.42 Å². The normalized spacial score (nSPS) is 23.0. The van der Waals surface area contributed by atoms with Crippen molar-refractivity contribution < 1.29 is 8.42 Å². The summed E-state index contributed by atoms with van der Waals surface area (Å²) < 4.78 is 23.6. The molecular formula is C16H26N2O2S. The molecular weight excluding hydrogens is 284 g/mol. The molecule has 0 radical (unpaired) electrons. The standard InChI is InChI=1S/C16H26N2O2S/c1-4-12-8-10-13(11-9-12)18(2)14-6-5-7-15(16(14)17)21(3,19)20/h5-7,12-13H,4,8-11,17H2,1-3H3. The first kappa shape index (κ1) is 16.1. The second-order valence-corrected chi connectivity index (χ2v) is 8.14. The molecule has 118 valence electrons. The zero-order valence-corrected chi connectivity index (χ0v) is 14.0. The number of sulfone groups is 1. The van der Waals surface area contributed by atoms with Crippen LogP contribution in [-0.2, 0) is 9.84 Å². The Morgan fingerprint density at radius 2 is 1.86 bits per heavy atom. The van der Waals surface area contributed by atoms with E-state index in [1.807, 2.05) is 13.1 Å². The van der Waals surface area contributed by atoms with Crippen LogP contribution in [0, 0.1) is 5.92 Å². The highest BCUT2D eigenvalue weighted by molar-refractivity contribution is 7.90. The predicted molar refractivity (Wildman–Crippen MR) is 88.4 cm³/mol. The molecule has 1 aliphatic rings. The fraction of sp³-hybridized carbons (Fsp3) is 0.625. The molecule has 2 rings (SSSR count). The zero-order chi connectivity index (χ0) is 15.6. The van der Waals surface area contributed by atoms with E-state index in [4.69, 9.17) is 5.73 Å². The van der Waals surface area contributed by atoms with Crippen LogP contribution in [0.2, 0.25) is 0 Å². The van der Waals surface area contributed by atoms with Crippen molar-refractivity contribution in [3.8, 4) is 0 Å². The molecule has 21 heavy (non-hydrogen) atoms. The molecule has 1 fully saturated rings. The van der Waals surface area contributed by atoms with Crippen molar-refractivity contribution in [1.82, 2.24) is 0 Å². The number of nitrogen functional groups attached to an aromatic ring is 1. The summed E-state index contributed by atoms with van der Waals surface area (Å²) in [5.41, 5.74) is 7.32. The maximum Gasteiger partial charge on any atom is 0.177 e. The molecule has 0 aliphatic heterocycles. The van der Waals surface area contributed by atoms with Gasteiger partial charge >= 0.3 is 0 Å². The average molecular weight is 310 g/mol. The summed E-state index contributed by atoms with van der Waals surface area (Å²) in [5, 5.41) is 0. The molecule has 0 aromatic heterocycles. The Labute approximate surface area is 128 Å². The summed E-state index contributed by atoms with van der Waals surface area (Å²) in [6, 6.07) is 5.72. The van der Waals surface area contributed by atoms with Gasteiger partial charge in [0.05, 0.1) is 16.3 Å². The molecule has 0 spiro atoms. The Morgan fingerprint density at radius 3 is 2.38 bits per heavy atom. The summed E-state index contributed by atoms with van der Waals surface area (Å²) in [5.74, 6) is 0.842. The Kier molecular flexibility index (Phi) is 4.81. The first-order chi connectivity index (χ1) is 9.84. The number of nitrogens with zero attached hydrogens (tertiary/aromatic N) is 1. The fourth-order valence-electron chi connectivity index (χ4n) is 3.30. The maximum atomic E-state index is 11.8. The third-order valence-corrected chi connectivity index (χ3v) is 5.92. The molecule has 0 amide bonds. The number of para-hydroxylation sites is 1. The lowest BCUT2D eigenvalue weighted by atomic mass is 9.84. The molecule has 0 unspecified atom stereocenters. The number of anilines is 2. The molecule has 1 aromatic rings. The lowest BCUT2D eigenvalue weighted by Crippen LogP contribution is -2.35. The van der Waals surface area contributed by atoms with Crippen molar-refractivity contribution >= 4 is 21.2 Å². The first-order valence-electron chi connectivity index (χ1n) is 7.66. The van der Waals surface area contributed by atoms with Gasteiger partial charge in [0.1, 0.15) is 0 Å². The summed E-state index contributed by atoms with van der Waals surface area (Å²) in [4.78, 5) is 2.39. The predicted octanol–water partition coefficient (Wildman–Crippen LogP) is 3.08. The second-order valence-electron chi connectivity index (χ2n) is 6.15. The topological polar surface area (TPSA) is 63.4 Å². The number of rotatable bonds is 4. The van der Waals surface area contributed by atoms with Gasteiger partial charge in [-0.1, -0.05) is 19.4 Å². The summed E-state index contributed by atoms with van der Waals surface area (Å²) in [7, 11) is -1.26. The Hall–Kier alpha value is -1.23. The van der Waals surface area contributed by atoms with E-state index in [1.165, 1.54) is 25.5 Å². The molecule has 0 saturated heterocycles. The van der Waals surface area contributed by atoms with Crippen LogP contribution >= 0.6 is 0 Å². The van der Waals surface area contributed by atoms with Crippen molar-refractivity contribution in [2.45, 2.75) is 50.0 Å². The Morgan fingerprint density at radius 1 is 1.24 bits per heavy atom. The number of nitrogens with two attached hydrogens (primary N) is 1. The minimum atomic E-state index is -3.28. The number of hydrogen-bond donors (Lipinski definition) is 1. The van der Waals surface area contributed by atoms with Gasteiger partial charge in [0.15, 0.2) is 9.84 Å². The largest absolute Gasteiger partial charge is 0.396 e. The van der Waals surface area contributed by atoms with Gasteiger partial charge in [-0.05, 0) is 43.7 Å². The molecule has 0 bridgehead atoms. The van der Waals surface area contributed by atoms with Crippen molar-refractivity contribution in [2.24, 2.45) is 5.92 Å². The molecule has 4 nitrogen and oxygen atoms in total. The second kappa shape index (κ2) is 6.26. The van der Waals surface area contributed by atoms with E-state index in [2.05, 4.69) is 11.8 Å². The minimum Gasteiger partial charge on any atom is -0.396 e. The van der Waals surface area contributed by atoms with E-state index in [0.29, 0.717) is 11.7 Å².